The molecular formula is C13H12N4O. The van der Waals surface area contributed by atoms with Crippen LogP contribution in [-0.2, 0) is 4.79 Å². The third-order valence-corrected chi connectivity index (χ3v) is 2.73. The van der Waals surface area contributed by atoms with Gasteiger partial charge in [-0.1, -0.05) is 6.07 Å². The van der Waals surface area contributed by atoms with Crippen LogP contribution in [0, 0.1) is 0 Å². The highest BCUT2D eigenvalue weighted by Crippen LogP contribution is 2.24. The molecule has 0 aliphatic rings. The molecule has 3 N–H and O–H groups in total. The molecule has 0 bridgehead atoms. The summed E-state index contributed by atoms with van der Waals surface area (Å²) >= 11 is 0. The second-order valence-electron chi connectivity index (χ2n) is 4.14. The van der Waals surface area contributed by atoms with Crippen molar-refractivity contribution in [3.8, 4) is 11.4 Å². The molecular weight excluding hydrogens is 228 g/mol. The fraction of sp³-hybridized carbons (Fsp3) is 0.0769. The highest BCUT2D eigenvalue weighted by molar-refractivity contribution is 5.93. The highest BCUT2D eigenvalue weighted by atomic mass is 16.1. The Balaban J connectivity index is 2.04. The lowest BCUT2D eigenvalue weighted by Gasteiger charge is -2.00. The SMILES string of the molecule is CC(=O)Nc1ccc2cc(-c3ccn[nH]3)[nH]c2c1. The summed E-state index contributed by atoms with van der Waals surface area (Å²) in [7, 11) is 0. The third kappa shape index (κ3) is 1.86. The summed E-state index contributed by atoms with van der Waals surface area (Å²) in [6.45, 7) is 1.49. The number of nitrogens with zero attached hydrogens (tertiary/aromatic N) is 1. The Labute approximate surface area is 103 Å². The van der Waals surface area contributed by atoms with E-state index in [9.17, 15) is 4.79 Å². The first-order chi connectivity index (χ1) is 8.72. The lowest BCUT2D eigenvalue weighted by Crippen LogP contribution is -2.05. The van der Waals surface area contributed by atoms with Gasteiger partial charge in [-0.2, -0.15) is 5.10 Å². The van der Waals surface area contributed by atoms with E-state index in [1.807, 2.05) is 30.3 Å². The van der Waals surface area contributed by atoms with Gasteiger partial charge in [0.1, 0.15) is 0 Å². The molecule has 2 aromatic heterocycles. The van der Waals surface area contributed by atoms with Gasteiger partial charge in [-0.15, -0.1) is 0 Å². The molecule has 5 heteroatoms. The lowest BCUT2D eigenvalue weighted by molar-refractivity contribution is -0.114. The van der Waals surface area contributed by atoms with Crippen molar-refractivity contribution in [2.24, 2.45) is 0 Å². The van der Waals surface area contributed by atoms with Gasteiger partial charge < -0.3 is 10.3 Å². The number of fused-ring (bicyclic) bond motifs is 1. The number of benzene rings is 1. The van der Waals surface area contributed by atoms with Crippen LogP contribution in [0.1, 0.15) is 6.92 Å². The second-order valence-corrected chi connectivity index (χ2v) is 4.14. The predicted octanol–water partition coefficient (Wildman–Crippen LogP) is 2.52. The number of anilines is 1. The molecule has 1 amide bonds. The van der Waals surface area contributed by atoms with Crippen molar-refractivity contribution >= 4 is 22.5 Å². The van der Waals surface area contributed by atoms with Gasteiger partial charge in [0.15, 0.2) is 0 Å². The Bertz CT molecular complexity index is 697. The van der Waals surface area contributed by atoms with Crippen LogP contribution in [0.25, 0.3) is 22.3 Å². The van der Waals surface area contributed by atoms with Crippen molar-refractivity contribution in [2.45, 2.75) is 6.92 Å². The molecule has 0 aliphatic heterocycles. The van der Waals surface area contributed by atoms with Gasteiger partial charge in [0.2, 0.25) is 5.91 Å². The molecule has 18 heavy (non-hydrogen) atoms. The van der Waals surface area contributed by atoms with Crippen molar-refractivity contribution < 1.29 is 4.79 Å². The zero-order chi connectivity index (χ0) is 12.5. The van der Waals surface area contributed by atoms with E-state index < -0.39 is 0 Å². The number of aromatic amines is 2. The molecule has 0 spiro atoms. The van der Waals surface area contributed by atoms with Gasteiger partial charge in [0.25, 0.3) is 0 Å². The molecule has 0 saturated heterocycles. The van der Waals surface area contributed by atoms with Crippen LogP contribution in [0.5, 0.6) is 0 Å². The number of nitrogens with one attached hydrogen (secondary N) is 3. The minimum absolute atomic E-state index is 0.0744. The van der Waals surface area contributed by atoms with Gasteiger partial charge >= 0.3 is 0 Å². The van der Waals surface area contributed by atoms with E-state index in [-0.39, 0.29) is 5.91 Å². The molecule has 3 aromatic rings. The van der Waals surface area contributed by atoms with Gasteiger partial charge in [-0.05, 0) is 24.3 Å². The average Bonchev–Trinajstić information content (AvgIpc) is 2.95. The van der Waals surface area contributed by atoms with Crippen LogP contribution in [0.15, 0.2) is 36.5 Å². The maximum Gasteiger partial charge on any atom is 0.221 e. The molecule has 1 aromatic carbocycles. The van der Waals surface area contributed by atoms with Crippen LogP contribution in [0.3, 0.4) is 0 Å². The quantitative estimate of drug-likeness (QED) is 0.644. The van der Waals surface area contributed by atoms with E-state index in [1.54, 1.807) is 6.20 Å². The average molecular weight is 240 g/mol. The fourth-order valence-corrected chi connectivity index (χ4v) is 1.96. The smallest absolute Gasteiger partial charge is 0.221 e. The van der Waals surface area contributed by atoms with Crippen molar-refractivity contribution in [1.29, 1.82) is 0 Å². The maximum atomic E-state index is 11.0. The van der Waals surface area contributed by atoms with Crippen LogP contribution >= 0.6 is 0 Å². The predicted molar refractivity (Wildman–Crippen MR) is 70.2 cm³/mol. The number of carbonyl (C=O) groups excluding carboxylic acids is 1. The largest absolute Gasteiger partial charge is 0.353 e. The van der Waals surface area contributed by atoms with Gasteiger partial charge in [-0.25, -0.2) is 0 Å². The molecule has 5 nitrogen and oxygen atoms in total. The Hall–Kier alpha value is -2.56. The number of hydrogen-bond acceptors (Lipinski definition) is 2. The molecule has 0 saturated carbocycles. The molecule has 0 radical (unpaired) electrons. The van der Waals surface area contributed by atoms with E-state index >= 15 is 0 Å². The number of aromatic nitrogens is 3. The van der Waals surface area contributed by atoms with E-state index in [2.05, 4.69) is 20.5 Å². The molecule has 0 aliphatic carbocycles. The first-order valence-electron chi connectivity index (χ1n) is 5.62. The maximum absolute atomic E-state index is 11.0. The summed E-state index contributed by atoms with van der Waals surface area (Å²) in [5, 5.41) is 10.7. The summed E-state index contributed by atoms with van der Waals surface area (Å²) in [5.41, 5.74) is 3.67. The Morgan fingerprint density at radius 1 is 1.22 bits per heavy atom. The molecule has 0 unspecified atom stereocenters. The summed E-state index contributed by atoms with van der Waals surface area (Å²) < 4.78 is 0. The number of carbonyl (C=O) groups is 1. The standard InChI is InChI=1S/C13H12N4O/c1-8(18)15-10-3-2-9-6-13(16-12(9)7-10)11-4-5-14-17-11/h2-7,16H,1H3,(H,14,17)(H,15,18). The number of H-pyrrole nitrogens is 2. The van der Waals surface area contributed by atoms with E-state index in [4.69, 9.17) is 0 Å². The fourth-order valence-electron chi connectivity index (χ4n) is 1.96. The molecule has 90 valence electrons. The highest BCUT2D eigenvalue weighted by Gasteiger charge is 2.05. The minimum Gasteiger partial charge on any atom is -0.353 e. The van der Waals surface area contributed by atoms with Crippen molar-refractivity contribution in [3.05, 3.63) is 36.5 Å². The molecule has 3 rings (SSSR count). The van der Waals surface area contributed by atoms with Crippen LogP contribution in [0.4, 0.5) is 5.69 Å². The summed E-state index contributed by atoms with van der Waals surface area (Å²) in [6.07, 6.45) is 1.71. The summed E-state index contributed by atoms with van der Waals surface area (Å²) in [4.78, 5) is 14.3. The van der Waals surface area contributed by atoms with Crippen molar-refractivity contribution in [2.75, 3.05) is 5.32 Å². The second kappa shape index (κ2) is 4.03. The van der Waals surface area contributed by atoms with Crippen LogP contribution in [-0.4, -0.2) is 21.1 Å². The van der Waals surface area contributed by atoms with Crippen LogP contribution in [0.2, 0.25) is 0 Å². The number of rotatable bonds is 2. The summed E-state index contributed by atoms with van der Waals surface area (Å²) in [6, 6.07) is 9.71. The first-order valence-corrected chi connectivity index (χ1v) is 5.62. The molecule has 0 fully saturated rings. The Kier molecular flexibility index (Phi) is 2.37. The zero-order valence-electron chi connectivity index (χ0n) is 9.82. The van der Waals surface area contributed by atoms with E-state index in [0.717, 1.165) is 28.0 Å². The van der Waals surface area contributed by atoms with Gasteiger partial charge in [0.05, 0.1) is 11.4 Å². The first kappa shape index (κ1) is 10.6. The third-order valence-electron chi connectivity index (χ3n) is 2.73. The summed E-state index contributed by atoms with van der Waals surface area (Å²) in [5.74, 6) is -0.0744. The monoisotopic (exact) mass is 240 g/mol. The van der Waals surface area contributed by atoms with Crippen LogP contribution < -0.4 is 5.32 Å². The topological polar surface area (TPSA) is 73.6 Å². The molecule has 0 atom stereocenters. The Morgan fingerprint density at radius 3 is 2.83 bits per heavy atom. The Morgan fingerprint density at radius 2 is 2.11 bits per heavy atom. The molecule has 2 heterocycles. The minimum atomic E-state index is -0.0744. The van der Waals surface area contributed by atoms with E-state index in [0.29, 0.717) is 0 Å². The van der Waals surface area contributed by atoms with E-state index in [1.165, 1.54) is 6.92 Å². The van der Waals surface area contributed by atoms with Gasteiger partial charge in [-0.3, -0.25) is 9.89 Å². The lowest BCUT2D eigenvalue weighted by atomic mass is 10.2. The number of hydrogen-bond donors (Lipinski definition) is 3. The van der Waals surface area contributed by atoms with Crippen molar-refractivity contribution in [1.82, 2.24) is 15.2 Å². The zero-order valence-corrected chi connectivity index (χ0v) is 9.82. The van der Waals surface area contributed by atoms with Crippen molar-refractivity contribution in [3.63, 3.8) is 0 Å². The number of amides is 1. The normalized spacial score (nSPS) is 10.7. The van der Waals surface area contributed by atoms with Gasteiger partial charge in [0, 0.05) is 29.7 Å².